The Morgan fingerprint density at radius 2 is 1.83 bits per heavy atom. The predicted octanol–water partition coefficient (Wildman–Crippen LogP) is 2.80. The van der Waals surface area contributed by atoms with E-state index in [9.17, 15) is 0 Å². The lowest BCUT2D eigenvalue weighted by Crippen LogP contribution is -2.45. The van der Waals surface area contributed by atoms with Gasteiger partial charge in [0.25, 0.3) is 0 Å². The molecule has 0 atom stereocenters. The van der Waals surface area contributed by atoms with Crippen molar-refractivity contribution in [3.8, 4) is 0 Å². The van der Waals surface area contributed by atoms with Crippen molar-refractivity contribution in [1.29, 1.82) is 0 Å². The van der Waals surface area contributed by atoms with E-state index < -0.39 is 0 Å². The third-order valence-electron chi connectivity index (χ3n) is 4.44. The highest BCUT2D eigenvalue weighted by Gasteiger charge is 2.19. The van der Waals surface area contributed by atoms with E-state index in [0.717, 1.165) is 45.7 Å². The molecule has 6 heteroatoms. The van der Waals surface area contributed by atoms with E-state index in [1.165, 1.54) is 16.4 Å². The number of hydrogen-bond acceptors (Lipinski definition) is 5. The van der Waals surface area contributed by atoms with Crippen molar-refractivity contribution in [3.05, 3.63) is 34.3 Å². The molecule has 0 spiro atoms. The third kappa shape index (κ3) is 4.19. The molecule has 2 aromatic heterocycles. The lowest BCUT2D eigenvalue weighted by atomic mass is 10.2. The number of imidazole rings is 1. The van der Waals surface area contributed by atoms with Crippen molar-refractivity contribution < 1.29 is 0 Å². The summed E-state index contributed by atoms with van der Waals surface area (Å²) in [5.74, 6) is 0. The zero-order valence-corrected chi connectivity index (χ0v) is 15.2. The number of piperazine rings is 1. The van der Waals surface area contributed by atoms with Gasteiger partial charge in [-0.05, 0) is 20.3 Å². The van der Waals surface area contributed by atoms with Gasteiger partial charge in [-0.1, -0.05) is 6.92 Å². The maximum atomic E-state index is 4.69. The Labute approximate surface area is 143 Å². The number of aryl methyl sites for hydroxylation is 1. The summed E-state index contributed by atoms with van der Waals surface area (Å²) < 4.78 is 2.27. The fraction of sp³-hybridized carbons (Fsp3) is 0.647. The highest BCUT2D eigenvalue weighted by atomic mass is 32.1. The molecule has 0 bridgehead atoms. The van der Waals surface area contributed by atoms with Crippen LogP contribution < -0.4 is 0 Å². The van der Waals surface area contributed by atoms with Gasteiger partial charge in [0, 0.05) is 56.9 Å². The van der Waals surface area contributed by atoms with Gasteiger partial charge in [-0.15, -0.1) is 11.3 Å². The van der Waals surface area contributed by atoms with Crippen LogP contribution in [-0.2, 0) is 19.5 Å². The van der Waals surface area contributed by atoms with Crippen LogP contribution in [0.15, 0.2) is 17.9 Å². The maximum absolute atomic E-state index is 4.69. The molecule has 23 heavy (non-hydrogen) atoms. The lowest BCUT2D eigenvalue weighted by molar-refractivity contribution is 0.119. The predicted molar refractivity (Wildman–Crippen MR) is 94.7 cm³/mol. The molecule has 5 nitrogen and oxygen atoms in total. The van der Waals surface area contributed by atoms with Crippen molar-refractivity contribution in [2.45, 2.75) is 46.3 Å². The van der Waals surface area contributed by atoms with Crippen LogP contribution in [-0.4, -0.2) is 50.5 Å². The molecule has 0 aromatic carbocycles. The average molecular weight is 334 g/mol. The highest BCUT2D eigenvalue weighted by Crippen LogP contribution is 2.16. The second kappa shape index (κ2) is 7.55. The minimum Gasteiger partial charge on any atom is -0.331 e. The van der Waals surface area contributed by atoms with Crippen molar-refractivity contribution in [2.24, 2.45) is 0 Å². The minimum atomic E-state index is 0.478. The summed E-state index contributed by atoms with van der Waals surface area (Å²) in [7, 11) is 0. The van der Waals surface area contributed by atoms with E-state index in [1.807, 2.05) is 12.5 Å². The van der Waals surface area contributed by atoms with Crippen molar-refractivity contribution >= 4 is 11.3 Å². The average Bonchev–Trinajstić information content (AvgIpc) is 3.18. The Morgan fingerprint density at radius 3 is 2.43 bits per heavy atom. The molecule has 0 radical (unpaired) electrons. The Morgan fingerprint density at radius 1 is 1.13 bits per heavy atom. The zero-order valence-electron chi connectivity index (χ0n) is 14.4. The smallest absolute Gasteiger partial charge is 0.0951 e. The van der Waals surface area contributed by atoms with Crippen LogP contribution in [0.3, 0.4) is 0 Å². The highest BCUT2D eigenvalue weighted by molar-refractivity contribution is 7.09. The quantitative estimate of drug-likeness (QED) is 0.815. The van der Waals surface area contributed by atoms with Gasteiger partial charge in [0.15, 0.2) is 0 Å². The topological polar surface area (TPSA) is 37.2 Å². The summed E-state index contributed by atoms with van der Waals surface area (Å²) in [6.45, 7) is 13.1. The molecule has 0 amide bonds. The molecule has 1 fully saturated rings. The van der Waals surface area contributed by atoms with Crippen molar-refractivity contribution in [1.82, 2.24) is 24.3 Å². The minimum absolute atomic E-state index is 0.478. The normalized spacial score (nSPS) is 17.2. The molecule has 1 aliphatic heterocycles. The van der Waals surface area contributed by atoms with Crippen LogP contribution in [0.1, 0.15) is 43.2 Å². The molecule has 1 aliphatic rings. The second-order valence-corrected chi connectivity index (χ2v) is 7.47. The lowest BCUT2D eigenvalue weighted by Gasteiger charge is -2.34. The molecule has 126 valence electrons. The Hall–Kier alpha value is -1.24. The molecule has 0 saturated carbocycles. The number of nitrogens with zero attached hydrogens (tertiary/aromatic N) is 5. The molecule has 0 aliphatic carbocycles. The SMILES string of the molecule is CCc1nc(CN2CCN(Cc3cncn3C(C)C)CC2)cs1. The van der Waals surface area contributed by atoms with Crippen LogP contribution in [0.2, 0.25) is 0 Å². The molecule has 1 saturated heterocycles. The van der Waals surface area contributed by atoms with Gasteiger partial charge in [0.2, 0.25) is 0 Å². The molecule has 2 aromatic rings. The van der Waals surface area contributed by atoms with Crippen LogP contribution in [0.4, 0.5) is 0 Å². The van der Waals surface area contributed by atoms with Gasteiger partial charge in [-0.25, -0.2) is 9.97 Å². The summed E-state index contributed by atoms with van der Waals surface area (Å²) in [5.41, 5.74) is 2.55. The van der Waals surface area contributed by atoms with Gasteiger partial charge in [0.1, 0.15) is 0 Å². The molecular formula is C17H27N5S. The number of aromatic nitrogens is 3. The van der Waals surface area contributed by atoms with Gasteiger partial charge in [-0.2, -0.15) is 0 Å². The van der Waals surface area contributed by atoms with E-state index in [-0.39, 0.29) is 0 Å². The monoisotopic (exact) mass is 333 g/mol. The number of thiazole rings is 1. The van der Waals surface area contributed by atoms with Gasteiger partial charge >= 0.3 is 0 Å². The van der Waals surface area contributed by atoms with E-state index in [1.54, 1.807) is 11.3 Å². The van der Waals surface area contributed by atoms with Gasteiger partial charge < -0.3 is 4.57 Å². The van der Waals surface area contributed by atoms with Crippen LogP contribution in [0, 0.1) is 0 Å². The van der Waals surface area contributed by atoms with Crippen molar-refractivity contribution in [2.75, 3.05) is 26.2 Å². The van der Waals surface area contributed by atoms with Crippen LogP contribution >= 0.6 is 11.3 Å². The first kappa shape index (κ1) is 16.6. The number of hydrogen-bond donors (Lipinski definition) is 0. The van der Waals surface area contributed by atoms with Gasteiger partial charge in [-0.3, -0.25) is 9.80 Å². The van der Waals surface area contributed by atoms with E-state index in [2.05, 4.69) is 50.5 Å². The summed E-state index contributed by atoms with van der Waals surface area (Å²) in [6, 6.07) is 0.478. The fourth-order valence-corrected chi connectivity index (χ4v) is 3.80. The fourth-order valence-electron chi connectivity index (χ4n) is 3.07. The Bertz CT molecular complexity index is 610. The van der Waals surface area contributed by atoms with E-state index in [0.29, 0.717) is 6.04 Å². The molecular weight excluding hydrogens is 306 g/mol. The molecule has 3 rings (SSSR count). The van der Waals surface area contributed by atoms with Crippen molar-refractivity contribution in [3.63, 3.8) is 0 Å². The maximum Gasteiger partial charge on any atom is 0.0951 e. The first-order valence-corrected chi connectivity index (χ1v) is 9.42. The molecule has 0 N–H and O–H groups in total. The van der Waals surface area contributed by atoms with Crippen LogP contribution in [0.5, 0.6) is 0 Å². The summed E-state index contributed by atoms with van der Waals surface area (Å²) in [5, 5.41) is 3.47. The molecule has 3 heterocycles. The van der Waals surface area contributed by atoms with Gasteiger partial charge in [0.05, 0.1) is 22.7 Å². The zero-order chi connectivity index (χ0) is 16.2. The van der Waals surface area contributed by atoms with Crippen LogP contribution in [0.25, 0.3) is 0 Å². The first-order chi connectivity index (χ1) is 11.2. The second-order valence-electron chi connectivity index (χ2n) is 6.52. The standard InChI is InChI=1S/C17H27N5S/c1-4-17-19-15(12-23-17)10-20-5-7-21(8-6-20)11-16-9-18-13-22(16)14(2)3/h9,12-14H,4-8,10-11H2,1-3H3. The third-order valence-corrected chi connectivity index (χ3v) is 5.48. The molecule has 0 unspecified atom stereocenters. The summed E-state index contributed by atoms with van der Waals surface area (Å²) in [6.07, 6.45) is 5.00. The largest absolute Gasteiger partial charge is 0.331 e. The summed E-state index contributed by atoms with van der Waals surface area (Å²) >= 11 is 1.79. The first-order valence-electron chi connectivity index (χ1n) is 8.54. The van der Waals surface area contributed by atoms with E-state index >= 15 is 0 Å². The summed E-state index contributed by atoms with van der Waals surface area (Å²) in [4.78, 5) is 14.0. The Kier molecular flexibility index (Phi) is 5.46. The number of rotatable bonds is 6. The Balaban J connectivity index is 1.49. The van der Waals surface area contributed by atoms with E-state index in [4.69, 9.17) is 0 Å².